The van der Waals surface area contributed by atoms with Crippen LogP contribution in [0.4, 0.5) is 0 Å². The molecule has 0 fully saturated rings. The van der Waals surface area contributed by atoms with E-state index in [1.54, 1.807) is 6.07 Å². The Morgan fingerprint density at radius 2 is 1.94 bits per heavy atom. The quantitative estimate of drug-likeness (QED) is 0.857. The van der Waals surface area contributed by atoms with Gasteiger partial charge in [0.15, 0.2) is 0 Å². The average molecular weight is 240 g/mol. The summed E-state index contributed by atoms with van der Waals surface area (Å²) in [7, 11) is 0. The van der Waals surface area contributed by atoms with Gasteiger partial charge in [0.05, 0.1) is 0 Å². The Labute approximate surface area is 99.8 Å². The summed E-state index contributed by atoms with van der Waals surface area (Å²) in [6, 6.07) is 7.33. The monoisotopic (exact) mass is 239 g/mol. The second-order valence-electron chi connectivity index (χ2n) is 3.57. The van der Waals surface area contributed by atoms with E-state index in [-0.39, 0.29) is 24.5 Å². The predicted molar refractivity (Wildman–Crippen MR) is 63.2 cm³/mol. The van der Waals surface area contributed by atoms with Gasteiger partial charge in [0.1, 0.15) is 5.78 Å². The van der Waals surface area contributed by atoms with Crippen LogP contribution in [0.2, 0.25) is 5.02 Å². The number of carbonyl (C=O) groups is 2. The van der Waals surface area contributed by atoms with Crippen molar-refractivity contribution in [3.05, 3.63) is 34.9 Å². The van der Waals surface area contributed by atoms with Crippen LogP contribution in [-0.4, -0.2) is 11.7 Å². The van der Waals surface area contributed by atoms with Gasteiger partial charge in [-0.25, -0.2) is 0 Å². The molecule has 0 saturated heterocycles. The fraction of sp³-hybridized carbons (Fsp3) is 0.333. The summed E-state index contributed by atoms with van der Waals surface area (Å²) in [4.78, 5) is 22.0. The highest BCUT2D eigenvalue weighted by molar-refractivity contribution is 6.31. The van der Waals surface area contributed by atoms with Crippen LogP contribution in [0.15, 0.2) is 24.3 Å². The fourth-order valence-electron chi connectivity index (χ4n) is 1.21. The number of hydrogen-bond donors (Lipinski definition) is 1. The molecule has 0 bridgehead atoms. The highest BCUT2D eigenvalue weighted by atomic mass is 35.5. The molecule has 0 aliphatic heterocycles. The number of nitrogens with one attached hydrogen (secondary N) is 1. The molecule has 0 aliphatic rings. The van der Waals surface area contributed by atoms with Crippen LogP contribution in [0.1, 0.15) is 25.3 Å². The van der Waals surface area contributed by atoms with Gasteiger partial charge >= 0.3 is 0 Å². The van der Waals surface area contributed by atoms with Crippen molar-refractivity contribution < 1.29 is 9.59 Å². The van der Waals surface area contributed by atoms with E-state index in [1.807, 2.05) is 18.2 Å². The Hall–Kier alpha value is -1.35. The maximum Gasteiger partial charge on any atom is 0.220 e. The first-order valence-electron chi connectivity index (χ1n) is 5.09. The lowest BCUT2D eigenvalue weighted by Gasteiger charge is -2.06. The molecule has 0 radical (unpaired) electrons. The Balaban J connectivity index is 2.37. The first-order chi connectivity index (χ1) is 7.59. The summed E-state index contributed by atoms with van der Waals surface area (Å²) in [5.74, 6) is -0.108. The van der Waals surface area contributed by atoms with Gasteiger partial charge in [0, 0.05) is 24.4 Å². The third-order valence-corrected chi connectivity index (χ3v) is 2.51. The number of Topliss-reactive ketones (excluding diaryl/α,β-unsaturated/α-hetero) is 1. The SMILES string of the molecule is CC(=O)CCC(=O)NCc1ccccc1Cl. The standard InChI is InChI=1S/C12H14ClNO2/c1-9(15)6-7-12(16)14-8-10-4-2-3-5-11(10)13/h2-5H,6-8H2,1H3,(H,14,16). The fourth-order valence-corrected chi connectivity index (χ4v) is 1.42. The van der Waals surface area contributed by atoms with E-state index in [9.17, 15) is 9.59 Å². The summed E-state index contributed by atoms with van der Waals surface area (Å²) in [6.07, 6.45) is 0.522. The van der Waals surface area contributed by atoms with Gasteiger partial charge in [0.25, 0.3) is 0 Å². The Morgan fingerprint density at radius 3 is 2.56 bits per heavy atom. The molecule has 0 spiro atoms. The van der Waals surface area contributed by atoms with Crippen LogP contribution < -0.4 is 5.32 Å². The summed E-state index contributed by atoms with van der Waals surface area (Å²) in [6.45, 7) is 1.87. The normalized spacial score (nSPS) is 9.88. The third kappa shape index (κ3) is 4.45. The smallest absolute Gasteiger partial charge is 0.220 e. The minimum atomic E-state index is -0.130. The van der Waals surface area contributed by atoms with Gasteiger partial charge in [-0.15, -0.1) is 0 Å². The van der Waals surface area contributed by atoms with Crippen molar-refractivity contribution in [2.75, 3.05) is 0 Å². The summed E-state index contributed by atoms with van der Waals surface area (Å²) >= 11 is 5.93. The first-order valence-corrected chi connectivity index (χ1v) is 5.47. The average Bonchev–Trinajstić information content (AvgIpc) is 2.25. The Morgan fingerprint density at radius 1 is 1.25 bits per heavy atom. The number of carbonyl (C=O) groups excluding carboxylic acids is 2. The topological polar surface area (TPSA) is 46.2 Å². The van der Waals surface area contributed by atoms with Crippen LogP contribution >= 0.6 is 11.6 Å². The molecule has 0 aliphatic carbocycles. The van der Waals surface area contributed by atoms with Gasteiger partial charge in [-0.1, -0.05) is 29.8 Å². The molecule has 3 nitrogen and oxygen atoms in total. The van der Waals surface area contributed by atoms with E-state index < -0.39 is 0 Å². The van der Waals surface area contributed by atoms with E-state index in [2.05, 4.69) is 5.32 Å². The van der Waals surface area contributed by atoms with E-state index in [1.165, 1.54) is 6.92 Å². The maximum atomic E-state index is 11.3. The van der Waals surface area contributed by atoms with Crippen molar-refractivity contribution in [3.63, 3.8) is 0 Å². The molecule has 4 heteroatoms. The van der Waals surface area contributed by atoms with Crippen LogP contribution in [0.5, 0.6) is 0 Å². The molecule has 1 aromatic rings. The molecule has 0 heterocycles. The number of amides is 1. The summed E-state index contributed by atoms with van der Waals surface area (Å²) in [5.41, 5.74) is 0.875. The molecular formula is C12H14ClNO2. The van der Waals surface area contributed by atoms with Crippen LogP contribution in [0.3, 0.4) is 0 Å². The zero-order chi connectivity index (χ0) is 12.0. The van der Waals surface area contributed by atoms with Gasteiger partial charge in [-0.05, 0) is 18.6 Å². The molecule has 0 saturated carbocycles. The predicted octanol–water partition coefficient (Wildman–Crippen LogP) is 2.33. The van der Waals surface area contributed by atoms with E-state index >= 15 is 0 Å². The second-order valence-corrected chi connectivity index (χ2v) is 3.98. The zero-order valence-electron chi connectivity index (χ0n) is 9.13. The highest BCUT2D eigenvalue weighted by Gasteiger charge is 2.04. The van der Waals surface area contributed by atoms with Crippen LogP contribution in [-0.2, 0) is 16.1 Å². The largest absolute Gasteiger partial charge is 0.352 e. The highest BCUT2D eigenvalue weighted by Crippen LogP contribution is 2.14. The number of rotatable bonds is 5. The van der Waals surface area contributed by atoms with Gasteiger partial charge < -0.3 is 10.1 Å². The van der Waals surface area contributed by atoms with Crippen molar-refractivity contribution in [3.8, 4) is 0 Å². The lowest BCUT2D eigenvalue weighted by molar-refractivity contribution is -0.124. The van der Waals surface area contributed by atoms with E-state index in [4.69, 9.17) is 11.6 Å². The summed E-state index contributed by atoms with van der Waals surface area (Å²) < 4.78 is 0. The van der Waals surface area contributed by atoms with Gasteiger partial charge in [0.2, 0.25) is 5.91 Å². The molecular weight excluding hydrogens is 226 g/mol. The van der Waals surface area contributed by atoms with Crippen LogP contribution in [0.25, 0.3) is 0 Å². The number of benzene rings is 1. The van der Waals surface area contributed by atoms with Gasteiger partial charge in [-0.2, -0.15) is 0 Å². The molecule has 0 aromatic heterocycles. The lowest BCUT2D eigenvalue weighted by atomic mass is 10.2. The number of ketones is 1. The lowest BCUT2D eigenvalue weighted by Crippen LogP contribution is -2.23. The first kappa shape index (κ1) is 12.7. The molecule has 1 aromatic carbocycles. The minimum Gasteiger partial charge on any atom is -0.352 e. The van der Waals surface area contributed by atoms with Gasteiger partial charge in [-0.3, -0.25) is 4.79 Å². The van der Waals surface area contributed by atoms with Crippen molar-refractivity contribution in [1.29, 1.82) is 0 Å². The second kappa shape index (κ2) is 6.28. The molecule has 0 unspecified atom stereocenters. The van der Waals surface area contributed by atoms with Crippen molar-refractivity contribution in [2.24, 2.45) is 0 Å². The van der Waals surface area contributed by atoms with Crippen molar-refractivity contribution >= 4 is 23.3 Å². The molecule has 86 valence electrons. The van der Waals surface area contributed by atoms with Crippen LogP contribution in [0, 0.1) is 0 Å². The Bertz CT molecular complexity index is 390. The van der Waals surface area contributed by atoms with E-state index in [0.29, 0.717) is 11.6 Å². The molecule has 1 amide bonds. The maximum absolute atomic E-state index is 11.3. The minimum absolute atomic E-state index is 0.0212. The van der Waals surface area contributed by atoms with E-state index in [0.717, 1.165) is 5.56 Å². The number of hydrogen-bond acceptors (Lipinski definition) is 2. The molecule has 16 heavy (non-hydrogen) atoms. The number of halogens is 1. The van der Waals surface area contributed by atoms with Crippen molar-refractivity contribution in [1.82, 2.24) is 5.32 Å². The zero-order valence-corrected chi connectivity index (χ0v) is 9.88. The molecule has 1 rings (SSSR count). The van der Waals surface area contributed by atoms with Crippen molar-refractivity contribution in [2.45, 2.75) is 26.3 Å². The third-order valence-electron chi connectivity index (χ3n) is 2.14. The molecule has 0 atom stereocenters. The molecule has 1 N–H and O–H groups in total. The summed E-state index contributed by atoms with van der Waals surface area (Å²) in [5, 5.41) is 3.35. The Kier molecular flexibility index (Phi) is 4.99.